The van der Waals surface area contributed by atoms with Crippen LogP contribution in [0.2, 0.25) is 0 Å². The first-order valence-electron chi connectivity index (χ1n) is 4.89. The molecule has 3 heteroatoms. The van der Waals surface area contributed by atoms with Gasteiger partial charge in [0.25, 0.3) is 0 Å². The number of hydrogen-bond donors (Lipinski definition) is 2. The standard InChI is InChI=1S/C9H21N3/c1-10-6-7-12(2)8-9-4-3-5-11-9/h9-11H,3-8H2,1-2H3. The normalized spacial score (nSPS) is 23.8. The molecule has 0 bridgehead atoms. The number of nitrogens with zero attached hydrogens (tertiary/aromatic N) is 1. The van der Waals surface area contributed by atoms with Gasteiger partial charge >= 0.3 is 0 Å². The summed E-state index contributed by atoms with van der Waals surface area (Å²) < 4.78 is 0. The third kappa shape index (κ3) is 3.52. The van der Waals surface area contributed by atoms with Gasteiger partial charge in [0.2, 0.25) is 0 Å². The van der Waals surface area contributed by atoms with Crippen LogP contribution in [-0.4, -0.2) is 51.2 Å². The van der Waals surface area contributed by atoms with Crippen molar-refractivity contribution in [3.05, 3.63) is 0 Å². The molecule has 1 aliphatic heterocycles. The van der Waals surface area contributed by atoms with E-state index in [2.05, 4.69) is 22.6 Å². The van der Waals surface area contributed by atoms with E-state index in [0.717, 1.165) is 19.1 Å². The molecule has 1 fully saturated rings. The van der Waals surface area contributed by atoms with Gasteiger partial charge in [-0.3, -0.25) is 0 Å². The van der Waals surface area contributed by atoms with Crippen LogP contribution in [0.3, 0.4) is 0 Å². The van der Waals surface area contributed by atoms with Crippen LogP contribution in [0.15, 0.2) is 0 Å². The Bertz CT molecular complexity index is 110. The highest BCUT2D eigenvalue weighted by Gasteiger charge is 2.14. The Kier molecular flexibility index (Phi) is 4.58. The van der Waals surface area contributed by atoms with E-state index < -0.39 is 0 Å². The quantitative estimate of drug-likeness (QED) is 0.604. The fraction of sp³-hybridized carbons (Fsp3) is 1.00. The van der Waals surface area contributed by atoms with Crippen LogP contribution in [-0.2, 0) is 0 Å². The zero-order chi connectivity index (χ0) is 8.81. The van der Waals surface area contributed by atoms with Crippen molar-refractivity contribution in [2.24, 2.45) is 0 Å². The third-order valence-electron chi connectivity index (χ3n) is 2.44. The number of nitrogens with one attached hydrogen (secondary N) is 2. The molecule has 1 heterocycles. The Morgan fingerprint density at radius 2 is 2.42 bits per heavy atom. The van der Waals surface area contributed by atoms with Crippen LogP contribution >= 0.6 is 0 Å². The summed E-state index contributed by atoms with van der Waals surface area (Å²) in [5, 5.41) is 6.66. The molecule has 1 unspecified atom stereocenters. The van der Waals surface area contributed by atoms with Gasteiger partial charge in [-0.2, -0.15) is 0 Å². The van der Waals surface area contributed by atoms with Crippen LogP contribution in [0, 0.1) is 0 Å². The summed E-state index contributed by atoms with van der Waals surface area (Å²) in [6.45, 7) is 4.64. The zero-order valence-corrected chi connectivity index (χ0v) is 8.27. The molecule has 12 heavy (non-hydrogen) atoms. The Labute approximate surface area is 75.5 Å². The summed E-state index contributed by atoms with van der Waals surface area (Å²) in [5.74, 6) is 0. The summed E-state index contributed by atoms with van der Waals surface area (Å²) >= 11 is 0. The summed E-state index contributed by atoms with van der Waals surface area (Å²) in [5.41, 5.74) is 0. The maximum Gasteiger partial charge on any atom is 0.0195 e. The minimum absolute atomic E-state index is 0.742. The molecule has 0 radical (unpaired) electrons. The van der Waals surface area contributed by atoms with Gasteiger partial charge in [0, 0.05) is 25.7 Å². The number of hydrogen-bond acceptors (Lipinski definition) is 3. The van der Waals surface area contributed by atoms with E-state index in [1.807, 2.05) is 7.05 Å². The Hall–Kier alpha value is -0.120. The summed E-state index contributed by atoms with van der Waals surface area (Å²) in [6.07, 6.45) is 2.70. The van der Waals surface area contributed by atoms with Crippen molar-refractivity contribution in [3.63, 3.8) is 0 Å². The van der Waals surface area contributed by atoms with Gasteiger partial charge in [-0.1, -0.05) is 0 Å². The summed E-state index contributed by atoms with van der Waals surface area (Å²) in [6, 6.07) is 0.742. The van der Waals surface area contributed by atoms with Crippen LogP contribution < -0.4 is 10.6 Å². The third-order valence-corrected chi connectivity index (χ3v) is 2.44. The van der Waals surface area contributed by atoms with Crippen molar-refractivity contribution < 1.29 is 0 Å². The van der Waals surface area contributed by atoms with E-state index in [1.165, 1.54) is 25.9 Å². The highest BCUT2D eigenvalue weighted by atomic mass is 15.1. The lowest BCUT2D eigenvalue weighted by Gasteiger charge is -2.20. The molecule has 1 rings (SSSR count). The zero-order valence-electron chi connectivity index (χ0n) is 8.27. The molecule has 3 nitrogen and oxygen atoms in total. The van der Waals surface area contributed by atoms with Crippen molar-refractivity contribution >= 4 is 0 Å². The van der Waals surface area contributed by atoms with Gasteiger partial charge in [0.1, 0.15) is 0 Å². The van der Waals surface area contributed by atoms with Crippen molar-refractivity contribution in [1.82, 2.24) is 15.5 Å². The maximum atomic E-state index is 3.50. The molecule has 72 valence electrons. The minimum Gasteiger partial charge on any atom is -0.318 e. The molecule has 1 atom stereocenters. The maximum absolute atomic E-state index is 3.50. The Morgan fingerprint density at radius 1 is 1.58 bits per heavy atom. The van der Waals surface area contributed by atoms with Crippen molar-refractivity contribution in [2.45, 2.75) is 18.9 Å². The molecule has 1 aliphatic rings. The second-order valence-corrected chi connectivity index (χ2v) is 3.66. The molecule has 0 saturated carbocycles. The van der Waals surface area contributed by atoms with Crippen LogP contribution in [0.5, 0.6) is 0 Å². The average Bonchev–Trinajstić information content (AvgIpc) is 2.53. The molecule has 0 amide bonds. The minimum atomic E-state index is 0.742. The van der Waals surface area contributed by atoms with Gasteiger partial charge in [-0.05, 0) is 33.5 Å². The lowest BCUT2D eigenvalue weighted by molar-refractivity contribution is 0.302. The second-order valence-electron chi connectivity index (χ2n) is 3.66. The van der Waals surface area contributed by atoms with Crippen LogP contribution in [0.4, 0.5) is 0 Å². The SMILES string of the molecule is CNCCN(C)CC1CCCN1. The summed E-state index contributed by atoms with van der Waals surface area (Å²) in [4.78, 5) is 2.39. The van der Waals surface area contributed by atoms with E-state index in [-0.39, 0.29) is 0 Å². The molecule has 0 aliphatic carbocycles. The lowest BCUT2D eigenvalue weighted by atomic mass is 10.2. The average molecular weight is 171 g/mol. The smallest absolute Gasteiger partial charge is 0.0195 e. The van der Waals surface area contributed by atoms with Crippen LogP contribution in [0.1, 0.15) is 12.8 Å². The molecule has 0 spiro atoms. The van der Waals surface area contributed by atoms with Gasteiger partial charge in [-0.25, -0.2) is 0 Å². The first-order valence-corrected chi connectivity index (χ1v) is 4.89. The molecular formula is C9H21N3. The highest BCUT2D eigenvalue weighted by molar-refractivity contribution is 4.76. The van der Waals surface area contributed by atoms with E-state index in [1.54, 1.807) is 0 Å². The lowest BCUT2D eigenvalue weighted by Crippen LogP contribution is -2.38. The molecule has 0 aromatic carbocycles. The monoisotopic (exact) mass is 171 g/mol. The van der Waals surface area contributed by atoms with Crippen molar-refractivity contribution in [2.75, 3.05) is 40.3 Å². The van der Waals surface area contributed by atoms with E-state index in [4.69, 9.17) is 0 Å². The topological polar surface area (TPSA) is 27.3 Å². The van der Waals surface area contributed by atoms with Crippen LogP contribution in [0.25, 0.3) is 0 Å². The van der Waals surface area contributed by atoms with Crippen molar-refractivity contribution in [1.29, 1.82) is 0 Å². The second kappa shape index (κ2) is 5.51. The first kappa shape index (κ1) is 9.96. The van der Waals surface area contributed by atoms with E-state index in [9.17, 15) is 0 Å². The first-order chi connectivity index (χ1) is 5.83. The number of rotatable bonds is 5. The predicted molar refractivity (Wildman–Crippen MR) is 52.4 cm³/mol. The largest absolute Gasteiger partial charge is 0.318 e. The fourth-order valence-corrected chi connectivity index (χ4v) is 1.68. The Balaban J connectivity index is 2.03. The number of likely N-dealkylation sites (N-methyl/N-ethyl adjacent to an activating group) is 2. The molecule has 1 saturated heterocycles. The Morgan fingerprint density at radius 3 is 3.00 bits per heavy atom. The fourth-order valence-electron chi connectivity index (χ4n) is 1.68. The van der Waals surface area contributed by atoms with E-state index >= 15 is 0 Å². The van der Waals surface area contributed by atoms with Crippen molar-refractivity contribution in [3.8, 4) is 0 Å². The van der Waals surface area contributed by atoms with Gasteiger partial charge in [-0.15, -0.1) is 0 Å². The highest BCUT2D eigenvalue weighted by Crippen LogP contribution is 2.05. The van der Waals surface area contributed by atoms with Gasteiger partial charge in [0.15, 0.2) is 0 Å². The molecule has 0 aromatic rings. The van der Waals surface area contributed by atoms with Gasteiger partial charge in [0.05, 0.1) is 0 Å². The van der Waals surface area contributed by atoms with Gasteiger partial charge < -0.3 is 15.5 Å². The molecular weight excluding hydrogens is 150 g/mol. The summed E-state index contributed by atoms with van der Waals surface area (Å²) in [7, 11) is 4.19. The molecule has 0 aromatic heterocycles. The predicted octanol–water partition coefficient (Wildman–Crippen LogP) is -0.110. The van der Waals surface area contributed by atoms with E-state index in [0.29, 0.717) is 0 Å². The molecule has 2 N–H and O–H groups in total.